The third kappa shape index (κ3) is 54.3. The highest BCUT2D eigenvalue weighted by atomic mass is 16.3. The van der Waals surface area contributed by atoms with Gasteiger partial charge in [-0.1, -0.05) is 284 Å². The molecule has 0 aliphatic rings. The average Bonchev–Trinajstić information content (AvgIpc) is 3.34. The minimum atomic E-state index is -0.877. The van der Waals surface area contributed by atoms with Gasteiger partial charge in [0, 0.05) is 6.42 Å². The van der Waals surface area contributed by atoms with E-state index in [1.165, 1.54) is 193 Å². The highest BCUT2D eigenvalue weighted by molar-refractivity contribution is 5.76. The maximum Gasteiger partial charge on any atom is 0.220 e. The van der Waals surface area contributed by atoms with E-state index in [1.807, 2.05) is 6.08 Å². The number of nitrogens with one attached hydrogen (secondary N) is 1. The van der Waals surface area contributed by atoms with Gasteiger partial charge in [-0.05, 0) is 89.9 Å². The van der Waals surface area contributed by atoms with Crippen molar-refractivity contribution in [2.24, 2.45) is 0 Å². The summed E-state index contributed by atoms with van der Waals surface area (Å²) in [5.41, 5.74) is 0. The molecule has 0 heterocycles. The van der Waals surface area contributed by atoms with Crippen molar-refractivity contribution >= 4 is 5.91 Å². The molecule has 0 aromatic heterocycles. The summed E-state index contributed by atoms with van der Waals surface area (Å²) in [4.78, 5) is 12.5. The summed E-state index contributed by atoms with van der Waals surface area (Å²) in [6.07, 6.45) is 87.2. The Labute approximate surface area is 424 Å². The Morgan fingerprint density at radius 3 is 1.03 bits per heavy atom. The maximum atomic E-state index is 12.5. The predicted octanol–water partition coefficient (Wildman–Crippen LogP) is 19.7. The fraction of sp³-hybridized carbons (Fsp3) is 0.734. The van der Waals surface area contributed by atoms with Gasteiger partial charge in [-0.25, -0.2) is 0 Å². The molecule has 392 valence electrons. The van der Waals surface area contributed by atoms with E-state index in [1.54, 1.807) is 6.08 Å². The molecule has 4 heteroatoms. The molecule has 0 spiro atoms. The van der Waals surface area contributed by atoms with Gasteiger partial charge in [0.15, 0.2) is 0 Å². The first-order valence-corrected chi connectivity index (χ1v) is 29.5. The molecule has 0 aromatic rings. The molecule has 0 radical (unpaired) electrons. The summed E-state index contributed by atoms with van der Waals surface area (Å²) in [7, 11) is 0. The minimum Gasteiger partial charge on any atom is -0.394 e. The quantitative estimate of drug-likeness (QED) is 0.0420. The number of amides is 1. The topological polar surface area (TPSA) is 69.6 Å². The Hall–Kier alpha value is -2.69. The summed E-state index contributed by atoms with van der Waals surface area (Å²) in [5, 5.41) is 23.2. The second kappa shape index (κ2) is 58.6. The Kier molecular flexibility index (Phi) is 56.3. The van der Waals surface area contributed by atoms with Crippen LogP contribution >= 0.6 is 0 Å². The molecule has 0 rings (SSSR count). The van der Waals surface area contributed by atoms with Gasteiger partial charge in [-0.3, -0.25) is 4.79 Å². The number of aliphatic hydroxyl groups is 2. The number of hydrogen-bond donors (Lipinski definition) is 3. The van der Waals surface area contributed by atoms with Crippen LogP contribution in [0, 0.1) is 0 Å². The third-order valence-corrected chi connectivity index (χ3v) is 13.0. The second-order valence-corrected chi connectivity index (χ2v) is 19.7. The van der Waals surface area contributed by atoms with E-state index >= 15 is 0 Å². The van der Waals surface area contributed by atoms with Crippen molar-refractivity contribution in [2.45, 2.75) is 296 Å². The molecule has 2 atom stereocenters. The van der Waals surface area contributed by atoms with Crippen molar-refractivity contribution in [3.8, 4) is 0 Å². The molecule has 3 N–H and O–H groups in total. The van der Waals surface area contributed by atoms with Crippen LogP contribution in [0.4, 0.5) is 0 Å². The summed E-state index contributed by atoms with van der Waals surface area (Å²) < 4.78 is 0. The van der Waals surface area contributed by atoms with Crippen LogP contribution in [-0.2, 0) is 4.79 Å². The lowest BCUT2D eigenvalue weighted by Crippen LogP contribution is -2.45. The van der Waals surface area contributed by atoms with Crippen LogP contribution in [0.25, 0.3) is 0 Å². The smallest absolute Gasteiger partial charge is 0.220 e. The Morgan fingerprint density at radius 1 is 0.368 bits per heavy atom. The van der Waals surface area contributed by atoms with Crippen LogP contribution in [-0.4, -0.2) is 34.9 Å². The Bertz CT molecular complexity index is 1250. The highest BCUT2D eigenvalue weighted by Crippen LogP contribution is 2.16. The zero-order valence-corrected chi connectivity index (χ0v) is 45.1. The number of hydrogen-bond acceptors (Lipinski definition) is 3. The maximum absolute atomic E-state index is 12.5. The van der Waals surface area contributed by atoms with Crippen LogP contribution < -0.4 is 5.32 Å². The molecule has 4 nitrogen and oxygen atoms in total. The van der Waals surface area contributed by atoms with Crippen molar-refractivity contribution in [3.05, 3.63) is 97.2 Å². The Balaban J connectivity index is 3.58. The first-order valence-electron chi connectivity index (χ1n) is 29.5. The molecule has 2 unspecified atom stereocenters. The van der Waals surface area contributed by atoms with Crippen LogP contribution in [0.2, 0.25) is 0 Å². The Morgan fingerprint density at radius 2 is 0.662 bits per heavy atom. The molecule has 0 saturated carbocycles. The van der Waals surface area contributed by atoms with Gasteiger partial charge in [0.05, 0.1) is 18.8 Å². The van der Waals surface area contributed by atoms with E-state index in [0.717, 1.165) is 70.6 Å². The molecular weight excluding hydrogens is 831 g/mol. The zero-order chi connectivity index (χ0) is 49.2. The standard InChI is InChI=1S/C64H113NO3/c1-3-5-7-9-11-13-15-17-19-21-23-25-27-29-31-32-34-36-38-40-42-44-46-48-50-52-54-56-58-60-64(68)65-62(61-66)63(67)59-57-55-53-51-49-47-45-43-41-39-37-35-33-30-28-26-24-22-20-18-16-14-12-10-8-6-4-2/h5,7,11,13,17,19,23,25,29,31,41,43,49,51,57,59,62-63,66-67H,3-4,6,8-10,12,14-16,18,20-22,24,26-28,30,32-40,42,44-48,50,52-56,58,60-61H2,1-2H3,(H,65,68)/b7-5-,13-11-,19-17-,25-23-,31-29-,43-41+,51-49+,59-57+. The average molecular weight is 945 g/mol. The zero-order valence-electron chi connectivity index (χ0n) is 45.1. The number of unbranched alkanes of at least 4 members (excludes halogenated alkanes) is 32. The number of aliphatic hydroxyl groups excluding tert-OH is 2. The van der Waals surface area contributed by atoms with Crippen LogP contribution in [0.3, 0.4) is 0 Å². The van der Waals surface area contributed by atoms with Crippen molar-refractivity contribution < 1.29 is 15.0 Å². The molecule has 0 aliphatic carbocycles. The summed E-state index contributed by atoms with van der Waals surface area (Å²) in [6.45, 7) is 4.20. The summed E-state index contributed by atoms with van der Waals surface area (Å²) >= 11 is 0. The lowest BCUT2D eigenvalue weighted by atomic mass is 10.0. The van der Waals surface area contributed by atoms with E-state index < -0.39 is 12.1 Å². The van der Waals surface area contributed by atoms with E-state index in [0.29, 0.717) is 6.42 Å². The number of carbonyl (C=O) groups is 1. The summed E-state index contributed by atoms with van der Waals surface area (Å²) in [6, 6.07) is -0.653. The van der Waals surface area contributed by atoms with Gasteiger partial charge < -0.3 is 15.5 Å². The third-order valence-electron chi connectivity index (χ3n) is 13.0. The number of allylic oxidation sites excluding steroid dienone is 15. The van der Waals surface area contributed by atoms with Crippen molar-refractivity contribution in [1.82, 2.24) is 5.32 Å². The van der Waals surface area contributed by atoms with E-state index in [2.05, 4.69) is 104 Å². The SMILES string of the molecule is CC/C=C\C/C=C\C/C=C\C/C=C\C/C=C\CCCCCCCCCCCCCCCC(=O)NC(CO)C(O)/C=C/CC/C=C/CC/C=C/CCCCCCCCCCCCCCCCCCC. The monoisotopic (exact) mass is 944 g/mol. The van der Waals surface area contributed by atoms with Gasteiger partial charge in [-0.15, -0.1) is 0 Å². The largest absolute Gasteiger partial charge is 0.394 e. The van der Waals surface area contributed by atoms with Crippen LogP contribution in [0.5, 0.6) is 0 Å². The van der Waals surface area contributed by atoms with E-state index in [4.69, 9.17) is 0 Å². The minimum absolute atomic E-state index is 0.0807. The lowest BCUT2D eigenvalue weighted by molar-refractivity contribution is -0.123. The lowest BCUT2D eigenvalue weighted by Gasteiger charge is -2.19. The van der Waals surface area contributed by atoms with E-state index in [9.17, 15) is 15.0 Å². The van der Waals surface area contributed by atoms with Gasteiger partial charge in [0.1, 0.15) is 0 Å². The van der Waals surface area contributed by atoms with Crippen molar-refractivity contribution in [1.29, 1.82) is 0 Å². The summed E-state index contributed by atoms with van der Waals surface area (Å²) in [5.74, 6) is -0.0807. The van der Waals surface area contributed by atoms with Crippen molar-refractivity contribution in [3.63, 3.8) is 0 Å². The second-order valence-electron chi connectivity index (χ2n) is 19.7. The molecule has 68 heavy (non-hydrogen) atoms. The van der Waals surface area contributed by atoms with E-state index in [-0.39, 0.29) is 12.5 Å². The van der Waals surface area contributed by atoms with Gasteiger partial charge in [0.25, 0.3) is 0 Å². The first-order chi connectivity index (χ1) is 33.7. The predicted molar refractivity (Wildman–Crippen MR) is 303 cm³/mol. The van der Waals surface area contributed by atoms with Crippen molar-refractivity contribution in [2.75, 3.05) is 6.61 Å². The molecule has 0 fully saturated rings. The number of carbonyl (C=O) groups excluding carboxylic acids is 1. The fourth-order valence-corrected chi connectivity index (χ4v) is 8.59. The molecule has 0 bridgehead atoms. The van der Waals surface area contributed by atoms with Gasteiger partial charge in [-0.2, -0.15) is 0 Å². The fourth-order valence-electron chi connectivity index (χ4n) is 8.59. The normalized spacial score (nSPS) is 13.5. The molecular formula is C64H113NO3. The number of rotatable bonds is 53. The van der Waals surface area contributed by atoms with Gasteiger partial charge >= 0.3 is 0 Å². The molecule has 0 aromatic carbocycles. The molecule has 0 aliphatic heterocycles. The highest BCUT2D eigenvalue weighted by Gasteiger charge is 2.18. The molecule has 1 amide bonds. The van der Waals surface area contributed by atoms with Crippen LogP contribution in [0.1, 0.15) is 284 Å². The first kappa shape index (κ1) is 65.3. The van der Waals surface area contributed by atoms with Crippen LogP contribution in [0.15, 0.2) is 97.2 Å². The molecule has 0 saturated heterocycles. The van der Waals surface area contributed by atoms with Gasteiger partial charge in [0.2, 0.25) is 5.91 Å².